The molecule has 4 rings (SSSR count). The van der Waals surface area contributed by atoms with Crippen molar-refractivity contribution in [1.82, 2.24) is 14.8 Å². The number of amides is 2. The Kier molecular flexibility index (Phi) is 7.01. The first-order valence-electron chi connectivity index (χ1n) is 11.7. The topological polar surface area (TPSA) is 75.9 Å². The van der Waals surface area contributed by atoms with Crippen molar-refractivity contribution < 1.29 is 18.7 Å². The molecule has 0 N–H and O–H groups in total. The largest absolute Gasteiger partial charge is 0.484 e. The van der Waals surface area contributed by atoms with Crippen LogP contribution in [-0.4, -0.2) is 46.2 Å². The SMILES string of the molecule is CCN(CC)C(=O)c1coc(COc2ccc3c(c2)C(c2ccc(C)cc2)N(C(C)=O)CC3)n1. The van der Waals surface area contributed by atoms with E-state index >= 15 is 0 Å². The highest BCUT2D eigenvalue weighted by Crippen LogP contribution is 2.37. The van der Waals surface area contributed by atoms with Crippen LogP contribution in [-0.2, 0) is 17.8 Å². The van der Waals surface area contributed by atoms with E-state index in [1.807, 2.05) is 30.9 Å². The maximum atomic E-state index is 12.5. The third kappa shape index (κ3) is 4.83. The zero-order valence-corrected chi connectivity index (χ0v) is 20.2. The maximum Gasteiger partial charge on any atom is 0.275 e. The van der Waals surface area contributed by atoms with Crippen molar-refractivity contribution in [3.8, 4) is 5.75 Å². The van der Waals surface area contributed by atoms with Crippen molar-refractivity contribution >= 4 is 11.8 Å². The van der Waals surface area contributed by atoms with E-state index in [0.29, 0.717) is 31.3 Å². The van der Waals surface area contributed by atoms with E-state index in [0.717, 1.165) is 17.5 Å². The minimum atomic E-state index is -0.162. The fraction of sp³-hybridized carbons (Fsp3) is 0.370. The minimum Gasteiger partial charge on any atom is -0.484 e. The smallest absolute Gasteiger partial charge is 0.275 e. The molecule has 1 unspecified atom stereocenters. The Hall–Kier alpha value is -3.61. The van der Waals surface area contributed by atoms with E-state index in [1.54, 1.807) is 11.8 Å². The van der Waals surface area contributed by atoms with Gasteiger partial charge in [0, 0.05) is 26.6 Å². The molecule has 7 nitrogen and oxygen atoms in total. The second kappa shape index (κ2) is 10.1. The fourth-order valence-electron chi connectivity index (χ4n) is 4.42. The first-order chi connectivity index (χ1) is 16.4. The zero-order valence-electron chi connectivity index (χ0n) is 20.2. The summed E-state index contributed by atoms with van der Waals surface area (Å²) in [5, 5.41) is 0. The van der Waals surface area contributed by atoms with Gasteiger partial charge in [-0.05, 0) is 56.0 Å². The molecule has 3 aromatic rings. The first-order valence-corrected chi connectivity index (χ1v) is 11.7. The maximum absolute atomic E-state index is 12.5. The molecule has 0 saturated heterocycles. The van der Waals surface area contributed by atoms with E-state index in [1.165, 1.54) is 17.4 Å². The highest BCUT2D eigenvalue weighted by Gasteiger charge is 2.31. The van der Waals surface area contributed by atoms with Crippen molar-refractivity contribution in [2.45, 2.75) is 46.8 Å². The number of hydrogen-bond donors (Lipinski definition) is 0. The molecule has 1 aliphatic heterocycles. The van der Waals surface area contributed by atoms with Gasteiger partial charge in [-0.3, -0.25) is 9.59 Å². The van der Waals surface area contributed by atoms with Gasteiger partial charge >= 0.3 is 0 Å². The van der Waals surface area contributed by atoms with E-state index < -0.39 is 0 Å². The molecule has 178 valence electrons. The number of aromatic nitrogens is 1. The number of ether oxygens (including phenoxy) is 1. The molecule has 0 fully saturated rings. The standard InChI is InChI=1S/C27H31N3O4/c1-5-29(6-2)27(32)24-16-34-25(28-24)17-33-22-12-11-20-13-14-30(19(4)31)26(23(20)15-22)21-9-7-18(3)8-10-21/h7-12,15-16,26H,5-6,13-14,17H2,1-4H3. The van der Waals surface area contributed by atoms with Crippen LogP contribution in [0.2, 0.25) is 0 Å². The number of nitrogens with zero attached hydrogens (tertiary/aromatic N) is 3. The Morgan fingerprint density at radius 2 is 1.88 bits per heavy atom. The Labute approximate surface area is 200 Å². The summed E-state index contributed by atoms with van der Waals surface area (Å²) >= 11 is 0. The zero-order chi connectivity index (χ0) is 24.2. The van der Waals surface area contributed by atoms with Crippen LogP contribution in [0.3, 0.4) is 0 Å². The molecular weight excluding hydrogens is 430 g/mol. The molecular formula is C27H31N3O4. The van der Waals surface area contributed by atoms with Crippen molar-refractivity contribution in [1.29, 1.82) is 0 Å². The lowest BCUT2D eigenvalue weighted by molar-refractivity contribution is -0.130. The van der Waals surface area contributed by atoms with E-state index in [-0.39, 0.29) is 30.2 Å². The van der Waals surface area contributed by atoms with Gasteiger partial charge in [0.15, 0.2) is 12.3 Å². The van der Waals surface area contributed by atoms with Crippen LogP contribution in [0.25, 0.3) is 0 Å². The molecule has 7 heteroatoms. The lowest BCUT2D eigenvalue weighted by Gasteiger charge is -2.37. The molecule has 34 heavy (non-hydrogen) atoms. The summed E-state index contributed by atoms with van der Waals surface area (Å²) in [6, 6.07) is 14.1. The molecule has 0 spiro atoms. The van der Waals surface area contributed by atoms with Crippen LogP contribution >= 0.6 is 0 Å². The van der Waals surface area contributed by atoms with Gasteiger partial charge < -0.3 is 19.0 Å². The molecule has 1 aliphatic rings. The second-order valence-corrected chi connectivity index (χ2v) is 8.53. The van der Waals surface area contributed by atoms with Gasteiger partial charge in [0.05, 0.1) is 6.04 Å². The molecule has 1 aromatic heterocycles. The molecule has 0 bridgehead atoms. The monoisotopic (exact) mass is 461 g/mol. The van der Waals surface area contributed by atoms with Gasteiger partial charge in [-0.15, -0.1) is 0 Å². The van der Waals surface area contributed by atoms with E-state index in [2.05, 4.69) is 42.2 Å². The summed E-state index contributed by atoms with van der Waals surface area (Å²) in [5.41, 5.74) is 4.80. The number of oxazole rings is 1. The lowest BCUT2D eigenvalue weighted by Crippen LogP contribution is -2.39. The number of carbonyl (C=O) groups excluding carboxylic acids is 2. The van der Waals surface area contributed by atoms with E-state index in [9.17, 15) is 9.59 Å². The first kappa shape index (κ1) is 23.5. The third-order valence-corrected chi connectivity index (χ3v) is 6.33. The number of carbonyl (C=O) groups is 2. The highest BCUT2D eigenvalue weighted by molar-refractivity contribution is 5.91. The van der Waals surface area contributed by atoms with Crippen LogP contribution in [0.15, 0.2) is 53.1 Å². The number of fused-ring (bicyclic) bond motifs is 1. The summed E-state index contributed by atoms with van der Waals surface area (Å²) in [6.07, 6.45) is 2.18. The van der Waals surface area contributed by atoms with Crippen molar-refractivity contribution in [2.75, 3.05) is 19.6 Å². The summed E-state index contributed by atoms with van der Waals surface area (Å²) < 4.78 is 11.5. The summed E-state index contributed by atoms with van der Waals surface area (Å²) in [7, 11) is 0. The molecule has 2 aromatic carbocycles. The molecule has 2 heterocycles. The van der Waals surface area contributed by atoms with Gasteiger partial charge in [-0.2, -0.15) is 0 Å². The Morgan fingerprint density at radius 3 is 2.56 bits per heavy atom. The van der Waals surface area contributed by atoms with Gasteiger partial charge in [0.1, 0.15) is 12.0 Å². The van der Waals surface area contributed by atoms with E-state index in [4.69, 9.17) is 9.15 Å². The number of aryl methyl sites for hydroxylation is 1. The van der Waals surface area contributed by atoms with Crippen molar-refractivity contribution in [3.05, 3.63) is 82.6 Å². The van der Waals surface area contributed by atoms with Crippen molar-refractivity contribution in [2.24, 2.45) is 0 Å². The number of rotatable bonds is 7. The molecule has 1 atom stereocenters. The average molecular weight is 462 g/mol. The molecule has 0 radical (unpaired) electrons. The summed E-state index contributed by atoms with van der Waals surface area (Å²) in [6.45, 7) is 9.54. The Morgan fingerprint density at radius 1 is 1.15 bits per heavy atom. The minimum absolute atomic E-state index is 0.0488. The van der Waals surface area contributed by atoms with Gasteiger partial charge in [-0.1, -0.05) is 35.9 Å². The van der Waals surface area contributed by atoms with Gasteiger partial charge in [0.25, 0.3) is 5.91 Å². The predicted octanol–water partition coefficient (Wildman–Crippen LogP) is 4.54. The van der Waals surface area contributed by atoms with Gasteiger partial charge in [-0.25, -0.2) is 4.98 Å². The van der Waals surface area contributed by atoms with Gasteiger partial charge in [0.2, 0.25) is 11.8 Å². The number of hydrogen-bond acceptors (Lipinski definition) is 5. The van der Waals surface area contributed by atoms with Crippen molar-refractivity contribution in [3.63, 3.8) is 0 Å². The summed E-state index contributed by atoms with van der Waals surface area (Å²) in [5.74, 6) is 0.900. The van der Waals surface area contributed by atoms with Crippen LogP contribution in [0.5, 0.6) is 5.75 Å². The average Bonchev–Trinajstić information content (AvgIpc) is 3.32. The lowest BCUT2D eigenvalue weighted by atomic mass is 9.87. The second-order valence-electron chi connectivity index (χ2n) is 8.53. The highest BCUT2D eigenvalue weighted by atomic mass is 16.5. The molecule has 2 amide bonds. The molecule has 0 saturated carbocycles. The molecule has 0 aliphatic carbocycles. The van der Waals surface area contributed by atoms with Crippen LogP contribution in [0.1, 0.15) is 65.4 Å². The number of benzene rings is 2. The normalized spacial score (nSPS) is 15.1. The van der Waals surface area contributed by atoms with Crippen LogP contribution in [0, 0.1) is 6.92 Å². The Balaban J connectivity index is 1.55. The van der Waals surface area contributed by atoms with Crippen LogP contribution in [0.4, 0.5) is 0 Å². The fourth-order valence-corrected chi connectivity index (χ4v) is 4.42. The predicted molar refractivity (Wildman–Crippen MR) is 129 cm³/mol. The third-order valence-electron chi connectivity index (χ3n) is 6.33. The quantitative estimate of drug-likeness (QED) is 0.516. The summed E-state index contributed by atoms with van der Waals surface area (Å²) in [4.78, 5) is 32.8. The van der Waals surface area contributed by atoms with Crippen LogP contribution < -0.4 is 4.74 Å². The Bertz CT molecular complexity index is 1160.